The number of rotatable bonds is 5. The molecule has 0 unspecified atom stereocenters. The van der Waals surface area contributed by atoms with E-state index in [4.69, 9.17) is 16.3 Å². The predicted octanol–water partition coefficient (Wildman–Crippen LogP) is 4.70. The minimum absolute atomic E-state index is 0.106. The van der Waals surface area contributed by atoms with Crippen LogP contribution in [-0.2, 0) is 17.8 Å². The molecule has 0 atom stereocenters. The van der Waals surface area contributed by atoms with Gasteiger partial charge < -0.3 is 4.74 Å². The Morgan fingerprint density at radius 2 is 1.93 bits per heavy atom. The van der Waals surface area contributed by atoms with E-state index in [1.807, 2.05) is 12.1 Å². The van der Waals surface area contributed by atoms with Crippen molar-refractivity contribution in [3.8, 4) is 10.6 Å². The number of fused-ring (bicyclic) bond motifs is 1. The highest BCUT2D eigenvalue weighted by molar-refractivity contribution is 7.17. The Morgan fingerprint density at radius 1 is 1.17 bits per heavy atom. The van der Waals surface area contributed by atoms with Crippen LogP contribution in [0.4, 0.5) is 0 Å². The first-order valence-corrected chi connectivity index (χ1v) is 10.6. The summed E-state index contributed by atoms with van der Waals surface area (Å²) in [4.78, 5) is 34.1. The first kappa shape index (κ1) is 20.3. The van der Waals surface area contributed by atoms with Crippen LogP contribution >= 0.6 is 22.9 Å². The fraction of sp³-hybridized carbons (Fsp3) is 0.182. The van der Waals surface area contributed by atoms with E-state index >= 15 is 0 Å². The van der Waals surface area contributed by atoms with E-state index < -0.39 is 5.97 Å². The van der Waals surface area contributed by atoms with Crippen LogP contribution in [0.25, 0.3) is 16.2 Å². The Hall–Kier alpha value is -3.03. The summed E-state index contributed by atoms with van der Waals surface area (Å²) in [5.41, 5.74) is 3.33. The number of hydrogen-bond acceptors (Lipinski definition) is 6. The van der Waals surface area contributed by atoms with Crippen LogP contribution in [0.3, 0.4) is 0 Å². The summed E-state index contributed by atoms with van der Waals surface area (Å²) in [5.74, 6) is -0.487. The van der Waals surface area contributed by atoms with Crippen molar-refractivity contribution in [2.45, 2.75) is 26.9 Å². The molecule has 0 radical (unpaired) electrons. The molecule has 0 aliphatic heterocycles. The van der Waals surface area contributed by atoms with Gasteiger partial charge in [-0.05, 0) is 31.0 Å². The molecule has 0 bridgehead atoms. The Bertz CT molecular complexity index is 1300. The van der Waals surface area contributed by atoms with E-state index in [0.717, 1.165) is 17.0 Å². The largest absolute Gasteiger partial charge is 0.455 e. The molecule has 3 heterocycles. The number of halogens is 1. The summed E-state index contributed by atoms with van der Waals surface area (Å²) in [6, 6.07) is 12.7. The van der Waals surface area contributed by atoms with Gasteiger partial charge in [-0.15, -0.1) is 11.3 Å². The van der Waals surface area contributed by atoms with Crippen molar-refractivity contribution in [1.29, 1.82) is 0 Å². The fourth-order valence-corrected chi connectivity index (χ4v) is 4.12. The summed E-state index contributed by atoms with van der Waals surface area (Å²) in [7, 11) is 0. The second-order valence-electron chi connectivity index (χ2n) is 6.72. The molecule has 0 aliphatic rings. The van der Waals surface area contributed by atoms with Gasteiger partial charge in [-0.3, -0.25) is 9.20 Å². The SMILES string of the molecule is CCc1ccc(-c2nc(C)c(C(=O)OCc3cc(=O)n4cc(Cl)ccc4n3)s2)cc1. The molecule has 4 rings (SSSR count). The fourth-order valence-electron chi connectivity index (χ4n) is 3.00. The highest BCUT2D eigenvalue weighted by atomic mass is 35.5. The van der Waals surface area contributed by atoms with Crippen molar-refractivity contribution in [1.82, 2.24) is 14.4 Å². The molecule has 0 spiro atoms. The maximum Gasteiger partial charge on any atom is 0.350 e. The summed E-state index contributed by atoms with van der Waals surface area (Å²) in [5, 5.41) is 1.20. The monoisotopic (exact) mass is 439 g/mol. The standard InChI is InChI=1S/C22H18ClN3O3S/c1-3-14-4-6-15(7-5-14)21-24-13(2)20(30-21)22(28)29-12-17-10-19(27)26-11-16(23)8-9-18(26)25-17/h4-11H,3,12H2,1-2H3. The Balaban J connectivity index is 1.52. The smallest absolute Gasteiger partial charge is 0.350 e. The van der Waals surface area contributed by atoms with E-state index in [9.17, 15) is 9.59 Å². The second kappa shape index (κ2) is 8.38. The van der Waals surface area contributed by atoms with Gasteiger partial charge in [-0.25, -0.2) is 14.8 Å². The zero-order valence-electron chi connectivity index (χ0n) is 16.4. The highest BCUT2D eigenvalue weighted by Gasteiger charge is 2.18. The number of aryl methyl sites for hydroxylation is 2. The number of hydrogen-bond donors (Lipinski definition) is 0. The topological polar surface area (TPSA) is 73.6 Å². The van der Waals surface area contributed by atoms with Gasteiger partial charge in [0.1, 0.15) is 22.1 Å². The lowest BCUT2D eigenvalue weighted by molar-refractivity contribution is 0.0472. The molecule has 0 saturated carbocycles. The Labute approximate surface area is 181 Å². The van der Waals surface area contributed by atoms with Gasteiger partial charge in [-0.1, -0.05) is 42.8 Å². The maximum atomic E-state index is 12.6. The van der Waals surface area contributed by atoms with Gasteiger partial charge in [-0.2, -0.15) is 0 Å². The lowest BCUT2D eigenvalue weighted by Crippen LogP contribution is -2.16. The maximum absolute atomic E-state index is 12.6. The summed E-state index contributed by atoms with van der Waals surface area (Å²) in [6.45, 7) is 3.77. The van der Waals surface area contributed by atoms with Crippen molar-refractivity contribution < 1.29 is 9.53 Å². The molecule has 30 heavy (non-hydrogen) atoms. The third-order valence-electron chi connectivity index (χ3n) is 4.62. The van der Waals surface area contributed by atoms with Crippen LogP contribution in [0.1, 0.15) is 33.5 Å². The lowest BCUT2D eigenvalue weighted by Gasteiger charge is -2.05. The zero-order valence-corrected chi connectivity index (χ0v) is 18.0. The van der Waals surface area contributed by atoms with Gasteiger partial charge in [0.2, 0.25) is 0 Å². The van der Waals surface area contributed by atoms with Gasteiger partial charge >= 0.3 is 5.97 Å². The van der Waals surface area contributed by atoms with Crippen LogP contribution in [0.15, 0.2) is 53.5 Å². The summed E-state index contributed by atoms with van der Waals surface area (Å²) in [6.07, 6.45) is 2.46. The normalized spacial score (nSPS) is 11.0. The summed E-state index contributed by atoms with van der Waals surface area (Å²) >= 11 is 7.21. The number of ether oxygens (including phenoxy) is 1. The van der Waals surface area contributed by atoms with Gasteiger partial charge in [0, 0.05) is 17.8 Å². The molecule has 1 aromatic carbocycles. The van der Waals surface area contributed by atoms with Crippen LogP contribution in [-0.4, -0.2) is 20.3 Å². The molecular weight excluding hydrogens is 422 g/mol. The minimum Gasteiger partial charge on any atom is -0.455 e. The average Bonchev–Trinajstić information content (AvgIpc) is 3.14. The van der Waals surface area contributed by atoms with Crippen molar-refractivity contribution in [2.75, 3.05) is 0 Å². The van der Waals surface area contributed by atoms with Crippen molar-refractivity contribution in [3.63, 3.8) is 0 Å². The van der Waals surface area contributed by atoms with Crippen LogP contribution in [0, 0.1) is 6.92 Å². The van der Waals surface area contributed by atoms with E-state index in [1.54, 1.807) is 19.1 Å². The first-order valence-electron chi connectivity index (χ1n) is 9.36. The Kier molecular flexibility index (Phi) is 5.65. The number of nitrogens with zero attached hydrogens (tertiary/aromatic N) is 3. The number of benzene rings is 1. The van der Waals surface area contributed by atoms with Gasteiger partial charge in [0.15, 0.2) is 0 Å². The lowest BCUT2D eigenvalue weighted by atomic mass is 10.1. The van der Waals surface area contributed by atoms with E-state index in [0.29, 0.717) is 26.9 Å². The predicted molar refractivity (Wildman–Crippen MR) is 117 cm³/mol. The van der Waals surface area contributed by atoms with Crippen molar-refractivity contribution in [2.24, 2.45) is 0 Å². The molecule has 3 aromatic heterocycles. The third-order valence-corrected chi connectivity index (χ3v) is 6.03. The summed E-state index contributed by atoms with van der Waals surface area (Å²) < 4.78 is 6.75. The molecule has 8 heteroatoms. The number of thiazole rings is 1. The van der Waals surface area contributed by atoms with E-state index in [2.05, 4.69) is 29.0 Å². The Morgan fingerprint density at radius 3 is 2.67 bits per heavy atom. The molecule has 0 amide bonds. The third kappa shape index (κ3) is 4.13. The van der Waals surface area contributed by atoms with Gasteiger partial charge in [0.05, 0.1) is 16.4 Å². The molecule has 6 nitrogen and oxygen atoms in total. The van der Waals surface area contributed by atoms with Crippen LogP contribution in [0.5, 0.6) is 0 Å². The van der Waals surface area contributed by atoms with Crippen LogP contribution in [0.2, 0.25) is 5.02 Å². The number of carbonyl (C=O) groups excluding carboxylic acids is 1. The zero-order chi connectivity index (χ0) is 21.3. The number of pyridine rings is 1. The number of carbonyl (C=O) groups is 1. The molecular formula is C22H18ClN3O3S. The van der Waals surface area contributed by atoms with Crippen molar-refractivity contribution >= 4 is 34.6 Å². The number of esters is 1. The van der Waals surface area contributed by atoms with Crippen molar-refractivity contribution in [3.05, 3.63) is 85.9 Å². The van der Waals surface area contributed by atoms with E-state index in [-0.39, 0.29) is 12.2 Å². The average molecular weight is 440 g/mol. The highest BCUT2D eigenvalue weighted by Crippen LogP contribution is 2.29. The van der Waals surface area contributed by atoms with E-state index in [1.165, 1.54) is 33.6 Å². The molecule has 0 fully saturated rings. The van der Waals surface area contributed by atoms with Gasteiger partial charge in [0.25, 0.3) is 5.56 Å². The molecule has 0 N–H and O–H groups in total. The number of aromatic nitrogens is 3. The molecule has 4 aromatic rings. The second-order valence-corrected chi connectivity index (χ2v) is 8.16. The molecule has 0 aliphatic carbocycles. The minimum atomic E-state index is -0.487. The van der Waals surface area contributed by atoms with Crippen LogP contribution < -0.4 is 5.56 Å². The quantitative estimate of drug-likeness (QED) is 0.421. The molecule has 0 saturated heterocycles. The molecule has 152 valence electrons. The first-order chi connectivity index (χ1) is 14.4.